The zero-order valence-electron chi connectivity index (χ0n) is 21.1. The van der Waals surface area contributed by atoms with Crippen LogP contribution in [-0.4, -0.2) is 43.8 Å². The van der Waals surface area contributed by atoms with Crippen LogP contribution < -0.4 is 10.6 Å². The molecule has 182 valence electrons. The number of hydrogen-bond donors (Lipinski definition) is 1. The van der Waals surface area contributed by atoms with Crippen molar-refractivity contribution in [3.05, 3.63) is 71.5 Å². The molecule has 2 N–H and O–H groups in total. The van der Waals surface area contributed by atoms with Crippen LogP contribution in [0.25, 0.3) is 11.4 Å². The van der Waals surface area contributed by atoms with E-state index in [-0.39, 0.29) is 16.6 Å². The Morgan fingerprint density at radius 1 is 0.943 bits per heavy atom. The fourth-order valence-corrected chi connectivity index (χ4v) is 4.50. The number of benzene rings is 2. The smallest absolute Gasteiger partial charge is 0.229 e. The predicted octanol–water partition coefficient (Wildman–Crippen LogP) is 4.98. The van der Waals surface area contributed by atoms with Crippen LogP contribution in [0.3, 0.4) is 0 Å². The maximum Gasteiger partial charge on any atom is 0.229 e. The summed E-state index contributed by atoms with van der Waals surface area (Å²) in [5, 5.41) is 9.85. The molecule has 8 nitrogen and oxygen atoms in total. The van der Waals surface area contributed by atoms with Crippen molar-refractivity contribution in [3.8, 4) is 11.4 Å². The molecule has 0 fully saturated rings. The Balaban J connectivity index is 1.70. The van der Waals surface area contributed by atoms with Crippen molar-refractivity contribution < 1.29 is 0 Å². The van der Waals surface area contributed by atoms with E-state index in [4.69, 9.17) is 5.73 Å². The van der Waals surface area contributed by atoms with Gasteiger partial charge in [0.05, 0.1) is 11.8 Å². The molecule has 0 aliphatic heterocycles. The van der Waals surface area contributed by atoms with E-state index in [1.54, 1.807) is 11.8 Å². The topological polar surface area (TPSA) is 98.6 Å². The highest BCUT2D eigenvalue weighted by Crippen LogP contribution is 2.35. The van der Waals surface area contributed by atoms with E-state index < -0.39 is 0 Å². The Morgan fingerprint density at radius 3 is 2.26 bits per heavy atom. The molecule has 0 saturated carbocycles. The summed E-state index contributed by atoms with van der Waals surface area (Å²) in [5.74, 6) is 2.17. The summed E-state index contributed by atoms with van der Waals surface area (Å²) in [6.07, 6.45) is 0. The van der Waals surface area contributed by atoms with Crippen molar-refractivity contribution >= 4 is 23.7 Å². The van der Waals surface area contributed by atoms with Gasteiger partial charge in [-0.2, -0.15) is 15.0 Å². The van der Waals surface area contributed by atoms with Crippen molar-refractivity contribution in [1.82, 2.24) is 29.7 Å². The first-order valence-corrected chi connectivity index (χ1v) is 12.4. The molecular formula is C26H32N8S. The third kappa shape index (κ3) is 5.79. The highest BCUT2D eigenvalue weighted by molar-refractivity contribution is 7.99. The lowest BCUT2D eigenvalue weighted by atomic mass is 9.87. The summed E-state index contributed by atoms with van der Waals surface area (Å²) in [4.78, 5) is 15.0. The standard InChI is InChI=1S/C26H32N8S/c1-17(21-28-23(27)30-24(29-21)33(5)6)35-25-32-31-22(34(25)16-18-10-8-7-9-11-18)19-12-14-20(15-13-19)26(2,3)4/h7-15,17H,16H2,1-6H3,(H2,27,28,29,30). The molecule has 0 aliphatic rings. The zero-order valence-corrected chi connectivity index (χ0v) is 21.9. The molecule has 35 heavy (non-hydrogen) atoms. The number of nitrogens with zero attached hydrogens (tertiary/aromatic N) is 7. The Bertz CT molecular complexity index is 1280. The Morgan fingerprint density at radius 2 is 1.63 bits per heavy atom. The molecule has 0 amide bonds. The van der Waals surface area contributed by atoms with Gasteiger partial charge in [-0.05, 0) is 23.5 Å². The van der Waals surface area contributed by atoms with E-state index in [2.05, 4.69) is 86.9 Å². The molecule has 1 unspecified atom stereocenters. The van der Waals surface area contributed by atoms with Crippen molar-refractivity contribution in [1.29, 1.82) is 0 Å². The van der Waals surface area contributed by atoms with Gasteiger partial charge in [0.25, 0.3) is 0 Å². The molecule has 0 aliphatic carbocycles. The molecular weight excluding hydrogens is 456 g/mol. The summed E-state index contributed by atoms with van der Waals surface area (Å²) in [6.45, 7) is 9.34. The fourth-order valence-electron chi connectivity index (χ4n) is 3.61. The monoisotopic (exact) mass is 488 g/mol. The summed E-state index contributed by atoms with van der Waals surface area (Å²) in [6, 6.07) is 18.9. The lowest BCUT2D eigenvalue weighted by Crippen LogP contribution is -2.16. The van der Waals surface area contributed by atoms with Crippen LogP contribution in [0.1, 0.15) is 49.9 Å². The largest absolute Gasteiger partial charge is 0.368 e. The number of nitrogen functional groups attached to an aromatic ring is 1. The van der Waals surface area contributed by atoms with E-state index >= 15 is 0 Å². The first-order valence-electron chi connectivity index (χ1n) is 11.6. The second kappa shape index (κ2) is 10.0. The van der Waals surface area contributed by atoms with Crippen LogP contribution in [0.2, 0.25) is 0 Å². The summed E-state index contributed by atoms with van der Waals surface area (Å²) in [5.41, 5.74) is 9.52. The van der Waals surface area contributed by atoms with Gasteiger partial charge in [-0.25, -0.2) is 0 Å². The van der Waals surface area contributed by atoms with Crippen LogP contribution in [0.4, 0.5) is 11.9 Å². The Labute approximate surface area is 211 Å². The van der Waals surface area contributed by atoms with Gasteiger partial charge >= 0.3 is 0 Å². The number of nitrogens with two attached hydrogens (primary N) is 1. The fraction of sp³-hybridized carbons (Fsp3) is 0.346. The number of anilines is 2. The SMILES string of the molecule is CC(Sc1nnc(-c2ccc(C(C)(C)C)cc2)n1Cc1ccccc1)c1nc(N)nc(N(C)C)n1. The number of aromatic nitrogens is 6. The summed E-state index contributed by atoms with van der Waals surface area (Å²) < 4.78 is 2.15. The molecule has 0 radical (unpaired) electrons. The average Bonchev–Trinajstić information content (AvgIpc) is 3.20. The van der Waals surface area contributed by atoms with Gasteiger partial charge in [0.1, 0.15) is 5.82 Å². The molecule has 1 atom stereocenters. The maximum absolute atomic E-state index is 5.95. The van der Waals surface area contributed by atoms with Gasteiger partial charge < -0.3 is 10.6 Å². The van der Waals surface area contributed by atoms with E-state index in [0.717, 1.165) is 16.5 Å². The molecule has 0 saturated heterocycles. The van der Waals surface area contributed by atoms with Gasteiger partial charge in [-0.1, -0.05) is 87.1 Å². The predicted molar refractivity (Wildman–Crippen MR) is 143 cm³/mol. The van der Waals surface area contributed by atoms with Gasteiger partial charge in [0, 0.05) is 19.7 Å². The Hall–Kier alpha value is -3.46. The van der Waals surface area contributed by atoms with Crippen LogP contribution in [0.15, 0.2) is 59.8 Å². The van der Waals surface area contributed by atoms with E-state index in [1.165, 1.54) is 11.1 Å². The molecule has 0 bridgehead atoms. The van der Waals surface area contributed by atoms with E-state index in [0.29, 0.717) is 18.3 Å². The molecule has 4 rings (SSSR count). The molecule has 4 aromatic rings. The van der Waals surface area contributed by atoms with Gasteiger partial charge in [-0.15, -0.1) is 10.2 Å². The minimum Gasteiger partial charge on any atom is -0.368 e. The van der Waals surface area contributed by atoms with Crippen molar-refractivity contribution in [2.45, 2.75) is 50.1 Å². The second-order valence-corrected chi connectivity index (χ2v) is 11.0. The highest BCUT2D eigenvalue weighted by Gasteiger charge is 2.21. The lowest BCUT2D eigenvalue weighted by molar-refractivity contribution is 0.590. The number of thioether (sulfide) groups is 1. The van der Waals surface area contributed by atoms with E-state index in [1.807, 2.05) is 44.1 Å². The Kier molecular flexibility index (Phi) is 7.07. The number of rotatable bonds is 7. The third-order valence-corrected chi connectivity index (χ3v) is 6.69. The lowest BCUT2D eigenvalue weighted by Gasteiger charge is -2.19. The van der Waals surface area contributed by atoms with Crippen LogP contribution >= 0.6 is 11.8 Å². The normalized spacial score (nSPS) is 12.5. The van der Waals surface area contributed by atoms with Crippen molar-refractivity contribution in [2.75, 3.05) is 24.7 Å². The first-order chi connectivity index (χ1) is 16.6. The molecule has 9 heteroatoms. The maximum atomic E-state index is 5.95. The first kappa shape index (κ1) is 24.7. The van der Waals surface area contributed by atoms with Gasteiger partial charge in [0.15, 0.2) is 11.0 Å². The molecule has 0 spiro atoms. The van der Waals surface area contributed by atoms with Crippen LogP contribution in [0, 0.1) is 0 Å². The van der Waals surface area contributed by atoms with Gasteiger partial charge in [-0.3, -0.25) is 4.57 Å². The minimum absolute atomic E-state index is 0.0878. The van der Waals surface area contributed by atoms with Crippen LogP contribution in [0.5, 0.6) is 0 Å². The van der Waals surface area contributed by atoms with Crippen molar-refractivity contribution in [3.63, 3.8) is 0 Å². The second-order valence-electron chi connectivity index (χ2n) is 9.71. The summed E-state index contributed by atoms with van der Waals surface area (Å²) >= 11 is 1.56. The number of hydrogen-bond acceptors (Lipinski definition) is 8. The van der Waals surface area contributed by atoms with Gasteiger partial charge in [0.2, 0.25) is 11.9 Å². The highest BCUT2D eigenvalue weighted by atomic mass is 32.2. The summed E-state index contributed by atoms with van der Waals surface area (Å²) in [7, 11) is 3.76. The quantitative estimate of drug-likeness (QED) is 0.364. The third-order valence-electron chi connectivity index (χ3n) is 5.61. The van der Waals surface area contributed by atoms with Crippen molar-refractivity contribution in [2.24, 2.45) is 0 Å². The molecule has 2 heterocycles. The zero-order chi connectivity index (χ0) is 25.2. The van der Waals surface area contributed by atoms with E-state index in [9.17, 15) is 0 Å². The minimum atomic E-state index is -0.103. The average molecular weight is 489 g/mol. The van der Waals surface area contributed by atoms with Crippen LogP contribution in [-0.2, 0) is 12.0 Å². The molecule has 2 aromatic carbocycles. The molecule has 2 aromatic heterocycles.